The lowest BCUT2D eigenvalue weighted by Crippen LogP contribution is -2.38. The van der Waals surface area contributed by atoms with Crippen LogP contribution in [0.4, 0.5) is 4.39 Å². The first kappa shape index (κ1) is 20.1. The predicted octanol–water partition coefficient (Wildman–Crippen LogP) is 2.93. The van der Waals surface area contributed by atoms with Gasteiger partial charge in [-0.15, -0.1) is 24.0 Å². The highest BCUT2D eigenvalue weighted by Crippen LogP contribution is 2.05. The molecule has 0 unspecified atom stereocenters. The number of nitrogens with one attached hydrogen (secondary N) is 2. The summed E-state index contributed by atoms with van der Waals surface area (Å²) in [5.41, 5.74) is 0.620. The highest BCUT2D eigenvalue weighted by Gasteiger charge is 2.02. The fourth-order valence-electron chi connectivity index (χ4n) is 1.63. The molecule has 6 heteroatoms. The van der Waals surface area contributed by atoms with Gasteiger partial charge < -0.3 is 15.4 Å². The second-order valence-electron chi connectivity index (χ2n) is 4.41. The van der Waals surface area contributed by atoms with Gasteiger partial charge in [-0.2, -0.15) is 0 Å². The number of rotatable bonds is 8. The molecule has 0 heterocycles. The zero-order valence-electron chi connectivity index (χ0n) is 12.7. The van der Waals surface area contributed by atoms with Crippen molar-refractivity contribution >= 4 is 29.9 Å². The number of hydrogen-bond acceptors (Lipinski definition) is 2. The van der Waals surface area contributed by atoms with Gasteiger partial charge in [0.2, 0.25) is 0 Å². The fraction of sp³-hybridized carbons (Fsp3) is 0.533. The van der Waals surface area contributed by atoms with Crippen molar-refractivity contribution in [1.82, 2.24) is 10.6 Å². The molecule has 0 saturated carbocycles. The Hall–Kier alpha value is -0.890. The Morgan fingerprint density at radius 3 is 2.67 bits per heavy atom. The second kappa shape index (κ2) is 12.8. The maximum absolute atomic E-state index is 13.4. The van der Waals surface area contributed by atoms with E-state index in [9.17, 15) is 4.39 Å². The van der Waals surface area contributed by atoms with Crippen molar-refractivity contribution in [3.05, 3.63) is 35.6 Å². The Bertz CT molecular complexity index is 416. The molecule has 0 spiro atoms. The minimum atomic E-state index is -0.210. The third-order valence-electron chi connectivity index (χ3n) is 2.81. The molecular weight excluding hydrogens is 384 g/mol. The molecule has 0 aliphatic heterocycles. The van der Waals surface area contributed by atoms with Gasteiger partial charge in [-0.1, -0.05) is 31.5 Å². The Balaban J connectivity index is 0.00000400. The highest BCUT2D eigenvalue weighted by atomic mass is 127. The minimum Gasteiger partial charge on any atom is -0.380 e. The highest BCUT2D eigenvalue weighted by molar-refractivity contribution is 14.0. The molecule has 1 rings (SSSR count). The molecule has 0 aliphatic carbocycles. The normalized spacial score (nSPS) is 10.9. The summed E-state index contributed by atoms with van der Waals surface area (Å²) in [6, 6.07) is 6.70. The van der Waals surface area contributed by atoms with Crippen LogP contribution < -0.4 is 10.6 Å². The number of guanidine groups is 1. The number of aliphatic imine (C=N–C) groups is 1. The van der Waals surface area contributed by atoms with Gasteiger partial charge in [0.25, 0.3) is 0 Å². The van der Waals surface area contributed by atoms with Crippen LogP contribution in [-0.2, 0) is 11.3 Å². The van der Waals surface area contributed by atoms with E-state index in [0.29, 0.717) is 31.2 Å². The number of ether oxygens (including phenoxy) is 1. The van der Waals surface area contributed by atoms with Gasteiger partial charge in [0, 0.05) is 32.3 Å². The third kappa shape index (κ3) is 8.87. The zero-order chi connectivity index (χ0) is 14.6. The SMILES string of the molecule is CCCCOCCNC(=NC)NCc1ccccc1F.I. The third-order valence-corrected chi connectivity index (χ3v) is 2.81. The standard InChI is InChI=1S/C15H24FN3O.HI/c1-3-4-10-20-11-9-18-15(17-2)19-12-13-7-5-6-8-14(13)16;/h5-8H,3-4,9-12H2,1-2H3,(H2,17,18,19);1H. The summed E-state index contributed by atoms with van der Waals surface area (Å²) in [5, 5.41) is 6.20. The van der Waals surface area contributed by atoms with Crippen LogP contribution in [0, 0.1) is 5.82 Å². The van der Waals surface area contributed by atoms with Gasteiger partial charge in [0.05, 0.1) is 6.61 Å². The summed E-state index contributed by atoms with van der Waals surface area (Å²) in [7, 11) is 1.69. The summed E-state index contributed by atoms with van der Waals surface area (Å²) in [4.78, 5) is 4.08. The Labute approximate surface area is 143 Å². The number of unbranched alkanes of at least 4 members (excludes halogenated alkanes) is 1. The maximum Gasteiger partial charge on any atom is 0.191 e. The first-order valence-corrected chi connectivity index (χ1v) is 7.03. The van der Waals surface area contributed by atoms with Crippen molar-refractivity contribution < 1.29 is 9.13 Å². The van der Waals surface area contributed by atoms with Gasteiger partial charge >= 0.3 is 0 Å². The average molecular weight is 409 g/mol. The summed E-state index contributed by atoms with van der Waals surface area (Å²) < 4.78 is 18.9. The molecule has 0 amide bonds. The lowest BCUT2D eigenvalue weighted by Gasteiger charge is -2.12. The molecule has 0 bridgehead atoms. The van der Waals surface area contributed by atoms with E-state index in [2.05, 4.69) is 22.5 Å². The van der Waals surface area contributed by atoms with E-state index < -0.39 is 0 Å². The number of halogens is 2. The van der Waals surface area contributed by atoms with Crippen molar-refractivity contribution in [3.8, 4) is 0 Å². The predicted molar refractivity (Wildman–Crippen MR) is 95.7 cm³/mol. The monoisotopic (exact) mass is 409 g/mol. The fourth-order valence-corrected chi connectivity index (χ4v) is 1.63. The van der Waals surface area contributed by atoms with Crippen molar-refractivity contribution in [1.29, 1.82) is 0 Å². The molecule has 2 N–H and O–H groups in total. The van der Waals surface area contributed by atoms with E-state index >= 15 is 0 Å². The Morgan fingerprint density at radius 1 is 1.24 bits per heavy atom. The maximum atomic E-state index is 13.4. The van der Waals surface area contributed by atoms with Crippen LogP contribution in [0.3, 0.4) is 0 Å². The smallest absolute Gasteiger partial charge is 0.191 e. The van der Waals surface area contributed by atoms with E-state index in [1.165, 1.54) is 6.07 Å². The molecule has 1 aromatic rings. The summed E-state index contributed by atoms with van der Waals surface area (Å²) in [6.07, 6.45) is 2.22. The van der Waals surface area contributed by atoms with E-state index in [4.69, 9.17) is 4.74 Å². The minimum absolute atomic E-state index is 0. The number of nitrogens with zero attached hydrogens (tertiary/aromatic N) is 1. The summed E-state index contributed by atoms with van der Waals surface area (Å²) in [6.45, 7) is 4.65. The van der Waals surface area contributed by atoms with Crippen LogP contribution in [0.15, 0.2) is 29.3 Å². The van der Waals surface area contributed by atoms with E-state index in [1.807, 2.05) is 6.07 Å². The number of hydrogen-bond donors (Lipinski definition) is 2. The van der Waals surface area contributed by atoms with E-state index in [0.717, 1.165) is 19.4 Å². The Morgan fingerprint density at radius 2 is 2.00 bits per heavy atom. The molecule has 21 heavy (non-hydrogen) atoms. The lowest BCUT2D eigenvalue weighted by molar-refractivity contribution is 0.136. The Kier molecular flexibility index (Phi) is 12.3. The van der Waals surface area contributed by atoms with Crippen LogP contribution in [0.1, 0.15) is 25.3 Å². The van der Waals surface area contributed by atoms with Crippen LogP contribution in [0.2, 0.25) is 0 Å². The molecule has 1 aromatic carbocycles. The van der Waals surface area contributed by atoms with Crippen molar-refractivity contribution in [2.75, 3.05) is 26.8 Å². The van der Waals surface area contributed by atoms with Crippen LogP contribution >= 0.6 is 24.0 Å². The molecule has 0 radical (unpaired) electrons. The molecular formula is C15H25FIN3O. The van der Waals surface area contributed by atoms with Gasteiger partial charge in [0.1, 0.15) is 5.82 Å². The van der Waals surface area contributed by atoms with E-state index in [-0.39, 0.29) is 29.8 Å². The molecule has 0 atom stereocenters. The molecule has 0 aromatic heterocycles. The molecule has 0 fully saturated rings. The molecule has 0 saturated heterocycles. The van der Waals surface area contributed by atoms with Crippen LogP contribution in [-0.4, -0.2) is 32.8 Å². The largest absolute Gasteiger partial charge is 0.380 e. The number of benzene rings is 1. The van der Waals surface area contributed by atoms with Crippen molar-refractivity contribution in [2.24, 2.45) is 4.99 Å². The van der Waals surface area contributed by atoms with Crippen molar-refractivity contribution in [3.63, 3.8) is 0 Å². The summed E-state index contributed by atoms with van der Waals surface area (Å²) >= 11 is 0. The van der Waals surface area contributed by atoms with Gasteiger partial charge in [0.15, 0.2) is 5.96 Å². The zero-order valence-corrected chi connectivity index (χ0v) is 15.0. The summed E-state index contributed by atoms with van der Waals surface area (Å²) in [5.74, 6) is 0.436. The van der Waals surface area contributed by atoms with Gasteiger partial charge in [-0.25, -0.2) is 4.39 Å². The van der Waals surface area contributed by atoms with E-state index in [1.54, 1.807) is 19.2 Å². The lowest BCUT2D eigenvalue weighted by atomic mass is 10.2. The van der Waals surface area contributed by atoms with Crippen LogP contribution in [0.25, 0.3) is 0 Å². The van der Waals surface area contributed by atoms with Gasteiger partial charge in [-0.3, -0.25) is 4.99 Å². The molecule has 4 nitrogen and oxygen atoms in total. The first-order chi connectivity index (χ1) is 9.77. The topological polar surface area (TPSA) is 45.6 Å². The van der Waals surface area contributed by atoms with Crippen molar-refractivity contribution in [2.45, 2.75) is 26.3 Å². The first-order valence-electron chi connectivity index (χ1n) is 7.03. The van der Waals surface area contributed by atoms with Gasteiger partial charge in [-0.05, 0) is 12.5 Å². The molecule has 120 valence electrons. The molecule has 0 aliphatic rings. The quantitative estimate of drug-likeness (QED) is 0.301. The second-order valence-corrected chi connectivity index (χ2v) is 4.41. The van der Waals surface area contributed by atoms with Crippen LogP contribution in [0.5, 0.6) is 0 Å². The average Bonchev–Trinajstić information content (AvgIpc) is 2.47.